The average Bonchev–Trinajstić information content (AvgIpc) is 2.75. The highest BCUT2D eigenvalue weighted by Crippen LogP contribution is 2.40. The molecule has 1 aliphatic carbocycles. The van der Waals surface area contributed by atoms with E-state index in [9.17, 15) is 9.59 Å². The highest BCUT2D eigenvalue weighted by molar-refractivity contribution is 5.67. The van der Waals surface area contributed by atoms with Crippen molar-refractivity contribution in [2.45, 2.75) is 26.4 Å². The quantitative estimate of drug-likeness (QED) is 0.500. The maximum absolute atomic E-state index is 10.7. The summed E-state index contributed by atoms with van der Waals surface area (Å²) in [7, 11) is 0. The van der Waals surface area contributed by atoms with Crippen molar-refractivity contribution in [3.63, 3.8) is 0 Å². The molecule has 0 saturated heterocycles. The van der Waals surface area contributed by atoms with Crippen LogP contribution in [0.15, 0.2) is 12.2 Å². The fraction of sp³-hybridized carbons (Fsp3) is 0.600. The molecule has 0 aromatic carbocycles. The van der Waals surface area contributed by atoms with Gasteiger partial charge in [-0.1, -0.05) is 12.2 Å². The molecule has 78 valence electrons. The molecule has 0 spiro atoms. The molecule has 14 heavy (non-hydrogen) atoms. The molecular formula is C10H14O4. The highest BCUT2D eigenvalue weighted by atomic mass is 16.6. The summed E-state index contributed by atoms with van der Waals surface area (Å²) in [4.78, 5) is 21.3. The number of ether oxygens (including phenoxy) is 2. The minimum atomic E-state index is -0.367. The van der Waals surface area contributed by atoms with Crippen molar-refractivity contribution in [3.8, 4) is 0 Å². The van der Waals surface area contributed by atoms with E-state index in [1.807, 2.05) is 0 Å². The van der Waals surface area contributed by atoms with Crippen molar-refractivity contribution < 1.29 is 19.1 Å². The largest absolute Gasteiger partial charge is 0.462 e. The van der Waals surface area contributed by atoms with Gasteiger partial charge < -0.3 is 9.47 Å². The van der Waals surface area contributed by atoms with Crippen molar-refractivity contribution in [2.24, 2.45) is 5.92 Å². The highest BCUT2D eigenvalue weighted by Gasteiger charge is 2.38. The lowest BCUT2D eigenvalue weighted by atomic mass is 10.2. The minimum Gasteiger partial charge on any atom is -0.462 e. The predicted molar refractivity (Wildman–Crippen MR) is 49.4 cm³/mol. The molecule has 0 heterocycles. The molecule has 2 atom stereocenters. The molecule has 0 N–H and O–H groups in total. The van der Waals surface area contributed by atoms with E-state index in [1.165, 1.54) is 13.8 Å². The number of esters is 2. The molecule has 1 fully saturated rings. The van der Waals surface area contributed by atoms with Crippen LogP contribution in [0.4, 0.5) is 0 Å². The fourth-order valence-electron chi connectivity index (χ4n) is 1.26. The Morgan fingerprint density at radius 3 is 2.43 bits per heavy atom. The van der Waals surface area contributed by atoms with Crippen LogP contribution >= 0.6 is 0 Å². The molecule has 1 rings (SSSR count). The van der Waals surface area contributed by atoms with Crippen LogP contribution in [0.2, 0.25) is 0 Å². The van der Waals surface area contributed by atoms with Crippen LogP contribution in [0.3, 0.4) is 0 Å². The standard InChI is InChI=1S/C10H14O4/c1-6-4-9(6)10(14-8(3)12)5-13-7(2)11/h9-10H,1,4-5H2,2-3H3/t9-,10-/m0/s1. The zero-order valence-electron chi connectivity index (χ0n) is 8.41. The first-order valence-electron chi connectivity index (χ1n) is 4.49. The summed E-state index contributed by atoms with van der Waals surface area (Å²) in [5.41, 5.74) is 1.04. The van der Waals surface area contributed by atoms with Gasteiger partial charge in [0, 0.05) is 19.8 Å². The number of hydrogen-bond donors (Lipinski definition) is 0. The number of carbonyl (C=O) groups excluding carboxylic acids is 2. The summed E-state index contributed by atoms with van der Waals surface area (Å²) < 4.78 is 9.82. The van der Waals surface area contributed by atoms with Crippen LogP contribution < -0.4 is 0 Å². The summed E-state index contributed by atoms with van der Waals surface area (Å²) in [6, 6.07) is 0. The van der Waals surface area contributed by atoms with Crippen LogP contribution in [0, 0.1) is 5.92 Å². The molecular weight excluding hydrogens is 184 g/mol. The van der Waals surface area contributed by atoms with Crippen molar-refractivity contribution in [1.82, 2.24) is 0 Å². The lowest BCUT2D eigenvalue weighted by Gasteiger charge is -2.15. The molecule has 0 aromatic heterocycles. The minimum absolute atomic E-state index is 0.124. The Morgan fingerprint density at radius 2 is 2.07 bits per heavy atom. The van der Waals surface area contributed by atoms with E-state index in [0.717, 1.165) is 12.0 Å². The lowest BCUT2D eigenvalue weighted by Crippen LogP contribution is -2.25. The first-order valence-corrected chi connectivity index (χ1v) is 4.49. The zero-order valence-corrected chi connectivity index (χ0v) is 8.41. The first-order chi connectivity index (χ1) is 6.50. The molecule has 1 saturated carbocycles. The molecule has 0 aromatic rings. The predicted octanol–water partition coefficient (Wildman–Crippen LogP) is 1.06. The molecule has 1 aliphatic rings. The third-order valence-electron chi connectivity index (χ3n) is 2.06. The third kappa shape index (κ3) is 3.20. The van der Waals surface area contributed by atoms with Gasteiger partial charge in [-0.25, -0.2) is 0 Å². The Kier molecular flexibility index (Phi) is 3.28. The van der Waals surface area contributed by atoms with Crippen molar-refractivity contribution in [1.29, 1.82) is 0 Å². The summed E-state index contributed by atoms with van der Waals surface area (Å²) in [5.74, 6) is -0.562. The van der Waals surface area contributed by atoms with Gasteiger partial charge in [-0.2, -0.15) is 0 Å². The average molecular weight is 198 g/mol. The molecule has 0 radical (unpaired) electrons. The van der Waals surface area contributed by atoms with Gasteiger partial charge >= 0.3 is 11.9 Å². The van der Waals surface area contributed by atoms with Gasteiger partial charge in [-0.15, -0.1) is 0 Å². The normalized spacial score (nSPS) is 21.3. The number of carbonyl (C=O) groups is 2. The Hall–Kier alpha value is -1.32. The molecule has 4 nitrogen and oxygen atoms in total. The van der Waals surface area contributed by atoms with Gasteiger partial charge in [0.05, 0.1) is 0 Å². The molecule has 0 unspecified atom stereocenters. The van der Waals surface area contributed by atoms with Gasteiger partial charge in [0.1, 0.15) is 12.7 Å². The Bertz CT molecular complexity index is 269. The second-order valence-corrected chi connectivity index (χ2v) is 3.42. The smallest absolute Gasteiger partial charge is 0.303 e. The summed E-state index contributed by atoms with van der Waals surface area (Å²) in [6.45, 7) is 6.56. The van der Waals surface area contributed by atoms with Gasteiger partial charge in [0.15, 0.2) is 0 Å². The third-order valence-corrected chi connectivity index (χ3v) is 2.06. The van der Waals surface area contributed by atoms with E-state index in [4.69, 9.17) is 9.47 Å². The molecule has 0 bridgehead atoms. The monoisotopic (exact) mass is 198 g/mol. The van der Waals surface area contributed by atoms with Gasteiger partial charge in [-0.05, 0) is 6.42 Å². The molecule has 0 aliphatic heterocycles. The lowest BCUT2D eigenvalue weighted by molar-refractivity contribution is -0.157. The second-order valence-electron chi connectivity index (χ2n) is 3.42. The summed E-state index contributed by atoms with van der Waals surface area (Å²) >= 11 is 0. The van der Waals surface area contributed by atoms with E-state index < -0.39 is 0 Å². The van der Waals surface area contributed by atoms with E-state index in [2.05, 4.69) is 6.58 Å². The maximum Gasteiger partial charge on any atom is 0.303 e. The van der Waals surface area contributed by atoms with Crippen LogP contribution in [-0.4, -0.2) is 24.6 Å². The number of rotatable bonds is 4. The first kappa shape index (κ1) is 10.8. The summed E-state index contributed by atoms with van der Waals surface area (Å²) in [6.07, 6.45) is 0.489. The van der Waals surface area contributed by atoms with Crippen molar-refractivity contribution >= 4 is 11.9 Å². The number of hydrogen-bond acceptors (Lipinski definition) is 4. The second kappa shape index (κ2) is 4.26. The van der Waals surface area contributed by atoms with E-state index in [-0.39, 0.29) is 30.6 Å². The van der Waals surface area contributed by atoms with Crippen LogP contribution in [0.1, 0.15) is 20.3 Å². The molecule has 4 heteroatoms. The van der Waals surface area contributed by atoms with Crippen LogP contribution in [0.5, 0.6) is 0 Å². The van der Waals surface area contributed by atoms with E-state index in [0.29, 0.717) is 0 Å². The Morgan fingerprint density at radius 1 is 1.50 bits per heavy atom. The Balaban J connectivity index is 2.40. The van der Waals surface area contributed by atoms with Crippen LogP contribution in [-0.2, 0) is 19.1 Å². The fourth-order valence-corrected chi connectivity index (χ4v) is 1.26. The van der Waals surface area contributed by atoms with Crippen LogP contribution in [0.25, 0.3) is 0 Å². The SMILES string of the molecule is C=C1C[C@@H]1[C@H](COC(C)=O)OC(C)=O. The maximum atomic E-state index is 10.7. The summed E-state index contributed by atoms with van der Waals surface area (Å²) in [5, 5.41) is 0. The van der Waals surface area contributed by atoms with Gasteiger partial charge in [-0.3, -0.25) is 9.59 Å². The van der Waals surface area contributed by atoms with E-state index in [1.54, 1.807) is 0 Å². The van der Waals surface area contributed by atoms with Crippen molar-refractivity contribution in [2.75, 3.05) is 6.61 Å². The molecule has 0 amide bonds. The van der Waals surface area contributed by atoms with Crippen molar-refractivity contribution in [3.05, 3.63) is 12.2 Å². The Labute approximate surface area is 82.9 Å². The van der Waals surface area contributed by atoms with E-state index >= 15 is 0 Å². The topological polar surface area (TPSA) is 52.6 Å². The zero-order chi connectivity index (χ0) is 10.7. The van der Waals surface area contributed by atoms with Gasteiger partial charge in [0.25, 0.3) is 0 Å². The van der Waals surface area contributed by atoms with Gasteiger partial charge in [0.2, 0.25) is 0 Å².